The van der Waals surface area contributed by atoms with Gasteiger partial charge in [0.1, 0.15) is 10.8 Å². The van der Waals surface area contributed by atoms with E-state index in [1.54, 1.807) is 47.9 Å². The number of halogens is 3. The van der Waals surface area contributed by atoms with Crippen molar-refractivity contribution < 1.29 is 9.59 Å². The third-order valence-corrected chi connectivity index (χ3v) is 7.66. The molecule has 0 fully saturated rings. The molecule has 0 radical (unpaired) electrons. The molecule has 0 saturated carbocycles. The van der Waals surface area contributed by atoms with Crippen LogP contribution in [-0.4, -0.2) is 26.5 Å². The Morgan fingerprint density at radius 3 is 2.41 bits per heavy atom. The zero-order valence-electron chi connectivity index (χ0n) is 18.4. The van der Waals surface area contributed by atoms with Crippen molar-refractivity contribution in [3.63, 3.8) is 0 Å². The lowest BCUT2D eigenvalue weighted by Gasteiger charge is -2.11. The van der Waals surface area contributed by atoms with E-state index < -0.39 is 0 Å². The molecule has 6 nitrogen and oxygen atoms in total. The molecule has 2 aromatic heterocycles. The summed E-state index contributed by atoms with van der Waals surface area (Å²) >= 11 is 19.8. The molecule has 0 spiro atoms. The van der Waals surface area contributed by atoms with Crippen molar-refractivity contribution in [2.24, 2.45) is 0 Å². The van der Waals surface area contributed by atoms with Gasteiger partial charge in [-0.15, -0.1) is 21.5 Å². The maximum atomic E-state index is 13.5. The first-order chi connectivity index (χ1) is 16.2. The predicted octanol–water partition coefficient (Wildman–Crippen LogP) is 6.38. The topological polar surface area (TPSA) is 76.9 Å². The Bertz CT molecular complexity index is 1430. The first kappa shape index (κ1) is 24.4. The number of nitrogens with zero attached hydrogens (tertiary/aromatic N) is 3. The second kappa shape index (κ2) is 9.88. The number of ketones is 1. The van der Waals surface area contributed by atoms with Crippen LogP contribution in [0.1, 0.15) is 48.4 Å². The fourth-order valence-corrected chi connectivity index (χ4v) is 5.24. The van der Waals surface area contributed by atoms with E-state index in [1.807, 2.05) is 13.8 Å². The Kier molecular flexibility index (Phi) is 7.09. The molecule has 0 aliphatic carbocycles. The molecule has 0 unspecified atom stereocenters. The van der Waals surface area contributed by atoms with Gasteiger partial charge >= 0.3 is 0 Å². The summed E-state index contributed by atoms with van der Waals surface area (Å²) in [6, 6.07) is 11.6. The lowest BCUT2D eigenvalue weighted by atomic mass is 10.0. The third-order valence-electron chi connectivity index (χ3n) is 5.40. The molecule has 4 aromatic rings. The molecule has 4 rings (SSSR count). The van der Waals surface area contributed by atoms with Gasteiger partial charge in [0, 0.05) is 16.0 Å². The minimum atomic E-state index is -0.336. The lowest BCUT2D eigenvalue weighted by molar-refractivity contribution is 0.0948. The molecule has 10 heteroatoms. The highest BCUT2D eigenvalue weighted by Crippen LogP contribution is 2.35. The minimum absolute atomic E-state index is 0.0929. The maximum Gasteiger partial charge on any atom is 0.251 e. The first-order valence-electron chi connectivity index (χ1n) is 10.2. The Labute approximate surface area is 215 Å². The van der Waals surface area contributed by atoms with Crippen LogP contribution in [0.2, 0.25) is 15.1 Å². The van der Waals surface area contributed by atoms with E-state index in [4.69, 9.17) is 34.8 Å². The average Bonchev–Trinajstić information content (AvgIpc) is 3.32. The molecule has 0 bridgehead atoms. The minimum Gasteiger partial charge on any atom is -0.345 e. The number of rotatable bonds is 6. The van der Waals surface area contributed by atoms with Crippen molar-refractivity contribution in [3.8, 4) is 5.00 Å². The van der Waals surface area contributed by atoms with Crippen LogP contribution in [-0.2, 0) is 6.54 Å². The standard InChI is InChI=1S/C24H19Cl3N4O2S/c1-12-13(2)34-24(21(12)22(32)16-6-4-5-7-17(16)25)31-14(3)29-30-20(31)11-28-23(33)15-8-9-18(26)19(27)10-15/h4-10H,11H2,1-3H3,(H,28,33). The summed E-state index contributed by atoms with van der Waals surface area (Å²) in [5, 5.41) is 13.0. The van der Waals surface area contributed by atoms with Crippen molar-refractivity contribution in [1.29, 1.82) is 0 Å². The fraction of sp³-hybridized carbons (Fsp3) is 0.167. The van der Waals surface area contributed by atoms with E-state index in [0.717, 1.165) is 10.4 Å². The number of hydrogen-bond acceptors (Lipinski definition) is 5. The number of nitrogens with one attached hydrogen (secondary N) is 1. The number of aryl methyl sites for hydroxylation is 2. The van der Waals surface area contributed by atoms with Crippen molar-refractivity contribution in [2.45, 2.75) is 27.3 Å². The van der Waals surface area contributed by atoms with Crippen LogP contribution in [0, 0.1) is 20.8 Å². The van der Waals surface area contributed by atoms with Gasteiger partial charge in [-0.25, -0.2) is 0 Å². The van der Waals surface area contributed by atoms with Crippen LogP contribution in [0.15, 0.2) is 42.5 Å². The summed E-state index contributed by atoms with van der Waals surface area (Å²) < 4.78 is 1.80. The quantitative estimate of drug-likeness (QED) is 0.292. The largest absolute Gasteiger partial charge is 0.345 e. The van der Waals surface area contributed by atoms with Crippen LogP contribution in [0.25, 0.3) is 5.00 Å². The zero-order chi connectivity index (χ0) is 24.6. The van der Waals surface area contributed by atoms with Crippen LogP contribution in [0.4, 0.5) is 0 Å². The molecule has 1 amide bonds. The Hall–Kier alpha value is -2.71. The van der Waals surface area contributed by atoms with E-state index in [2.05, 4.69) is 15.5 Å². The normalized spacial score (nSPS) is 11.0. The summed E-state index contributed by atoms with van der Waals surface area (Å²) in [4.78, 5) is 27.2. The van der Waals surface area contributed by atoms with Gasteiger partial charge in [-0.3, -0.25) is 14.2 Å². The number of carbonyl (C=O) groups excluding carboxylic acids is 2. The molecule has 0 aliphatic rings. The molecular weight excluding hydrogens is 515 g/mol. The van der Waals surface area contributed by atoms with Gasteiger partial charge in [-0.05, 0) is 56.7 Å². The van der Waals surface area contributed by atoms with Gasteiger partial charge in [0.2, 0.25) is 0 Å². The Morgan fingerprint density at radius 2 is 1.71 bits per heavy atom. The van der Waals surface area contributed by atoms with Gasteiger partial charge < -0.3 is 5.32 Å². The van der Waals surface area contributed by atoms with Crippen molar-refractivity contribution in [3.05, 3.63) is 96.3 Å². The van der Waals surface area contributed by atoms with Crippen LogP contribution in [0.3, 0.4) is 0 Å². The summed E-state index contributed by atoms with van der Waals surface area (Å²) in [5.74, 6) is 0.562. The molecule has 2 aromatic carbocycles. The smallest absolute Gasteiger partial charge is 0.251 e. The molecule has 174 valence electrons. The number of carbonyl (C=O) groups is 2. The number of aromatic nitrogens is 3. The predicted molar refractivity (Wildman–Crippen MR) is 136 cm³/mol. The van der Waals surface area contributed by atoms with Crippen LogP contribution < -0.4 is 5.32 Å². The maximum absolute atomic E-state index is 13.5. The molecule has 0 aliphatic heterocycles. The van der Waals surface area contributed by atoms with E-state index >= 15 is 0 Å². The highest BCUT2D eigenvalue weighted by Gasteiger charge is 2.26. The highest BCUT2D eigenvalue weighted by atomic mass is 35.5. The summed E-state index contributed by atoms with van der Waals surface area (Å²) in [5.41, 5.74) is 2.19. The van der Waals surface area contributed by atoms with E-state index in [-0.39, 0.29) is 18.2 Å². The summed E-state index contributed by atoms with van der Waals surface area (Å²) in [6.45, 7) is 5.75. The van der Waals surface area contributed by atoms with Crippen molar-refractivity contribution in [1.82, 2.24) is 20.1 Å². The number of amides is 1. The van der Waals surface area contributed by atoms with Gasteiger partial charge in [-0.2, -0.15) is 0 Å². The highest BCUT2D eigenvalue weighted by molar-refractivity contribution is 7.15. The molecule has 0 saturated heterocycles. The molecule has 1 N–H and O–H groups in total. The molecular formula is C24H19Cl3N4O2S. The van der Waals surface area contributed by atoms with Crippen molar-refractivity contribution in [2.75, 3.05) is 0 Å². The molecule has 0 atom stereocenters. The third kappa shape index (κ3) is 4.61. The van der Waals surface area contributed by atoms with Crippen LogP contribution >= 0.6 is 46.1 Å². The van der Waals surface area contributed by atoms with Gasteiger partial charge in [-0.1, -0.05) is 46.9 Å². The van der Waals surface area contributed by atoms with E-state index in [0.29, 0.717) is 48.4 Å². The van der Waals surface area contributed by atoms with Crippen LogP contribution in [0.5, 0.6) is 0 Å². The fourth-order valence-electron chi connectivity index (χ4n) is 3.50. The van der Waals surface area contributed by atoms with Gasteiger partial charge in [0.05, 0.1) is 27.2 Å². The monoisotopic (exact) mass is 532 g/mol. The SMILES string of the molecule is Cc1sc(-n2c(C)nnc2CNC(=O)c2ccc(Cl)c(Cl)c2)c(C(=O)c2ccccc2Cl)c1C. The molecule has 2 heterocycles. The number of benzene rings is 2. The summed E-state index contributed by atoms with van der Waals surface area (Å²) in [6.07, 6.45) is 0. The summed E-state index contributed by atoms with van der Waals surface area (Å²) in [7, 11) is 0. The second-order valence-electron chi connectivity index (χ2n) is 7.58. The van der Waals surface area contributed by atoms with Gasteiger partial charge in [0.25, 0.3) is 5.91 Å². The first-order valence-corrected chi connectivity index (χ1v) is 12.2. The second-order valence-corrected chi connectivity index (χ2v) is 10.0. The lowest BCUT2D eigenvalue weighted by Crippen LogP contribution is -2.25. The Morgan fingerprint density at radius 1 is 0.971 bits per heavy atom. The van der Waals surface area contributed by atoms with E-state index in [9.17, 15) is 9.59 Å². The number of thiophene rings is 1. The number of hydrogen-bond donors (Lipinski definition) is 1. The van der Waals surface area contributed by atoms with Crippen molar-refractivity contribution >= 4 is 57.8 Å². The Balaban J connectivity index is 1.69. The molecule has 34 heavy (non-hydrogen) atoms. The van der Waals surface area contributed by atoms with Gasteiger partial charge in [0.15, 0.2) is 11.6 Å². The average molecular weight is 534 g/mol. The van der Waals surface area contributed by atoms with E-state index in [1.165, 1.54) is 17.4 Å². The zero-order valence-corrected chi connectivity index (χ0v) is 21.5.